The van der Waals surface area contributed by atoms with E-state index >= 15 is 0 Å². The minimum Gasteiger partial charge on any atom is -0.379 e. The topological polar surface area (TPSA) is 59.0 Å². The summed E-state index contributed by atoms with van der Waals surface area (Å²) < 4.78 is 23.2. The predicted octanol–water partition coefficient (Wildman–Crippen LogP) is 1.24. The van der Waals surface area contributed by atoms with Crippen molar-refractivity contribution in [3.63, 3.8) is 0 Å². The summed E-state index contributed by atoms with van der Waals surface area (Å²) in [6, 6.07) is 0. The molecule has 1 heterocycles. The van der Waals surface area contributed by atoms with Crippen LogP contribution in [0.2, 0.25) is 0 Å². The van der Waals surface area contributed by atoms with Crippen molar-refractivity contribution in [1.82, 2.24) is 4.67 Å². The van der Waals surface area contributed by atoms with E-state index in [9.17, 15) is 9.46 Å². The molecule has 1 aliphatic heterocycles. The third-order valence-electron chi connectivity index (χ3n) is 2.10. The lowest BCUT2D eigenvalue weighted by atomic mass is 10.4. The SMILES string of the molecule is CCCCOP(=O)(O)N1CCOCC1. The number of hydrogen-bond donors (Lipinski definition) is 1. The molecule has 1 saturated heterocycles. The second kappa shape index (κ2) is 5.83. The smallest absolute Gasteiger partial charge is 0.379 e. The number of unbranched alkanes of at least 4 members (excludes halogenated alkanes) is 1. The van der Waals surface area contributed by atoms with Crippen molar-refractivity contribution in [3.8, 4) is 0 Å². The highest BCUT2D eigenvalue weighted by molar-refractivity contribution is 7.50. The molecule has 84 valence electrons. The number of ether oxygens (including phenoxy) is 1. The summed E-state index contributed by atoms with van der Waals surface area (Å²) >= 11 is 0. The molecular formula is C8H18NO4P. The molecule has 0 aliphatic carbocycles. The van der Waals surface area contributed by atoms with Gasteiger partial charge in [-0.15, -0.1) is 0 Å². The van der Waals surface area contributed by atoms with Gasteiger partial charge in [0.15, 0.2) is 0 Å². The number of rotatable bonds is 5. The maximum atomic E-state index is 11.6. The summed E-state index contributed by atoms with van der Waals surface area (Å²) in [6.07, 6.45) is 1.78. The summed E-state index contributed by atoms with van der Waals surface area (Å²) in [7, 11) is -3.54. The van der Waals surface area contributed by atoms with Gasteiger partial charge in [0.2, 0.25) is 0 Å². The van der Waals surface area contributed by atoms with Crippen molar-refractivity contribution in [2.45, 2.75) is 19.8 Å². The van der Waals surface area contributed by atoms with Gasteiger partial charge >= 0.3 is 7.75 Å². The van der Waals surface area contributed by atoms with E-state index in [1.807, 2.05) is 6.92 Å². The van der Waals surface area contributed by atoms with Crippen LogP contribution >= 0.6 is 7.75 Å². The van der Waals surface area contributed by atoms with Gasteiger partial charge in [-0.3, -0.25) is 4.52 Å². The molecule has 1 unspecified atom stereocenters. The summed E-state index contributed by atoms with van der Waals surface area (Å²) in [5, 5.41) is 0. The molecule has 0 bridgehead atoms. The number of nitrogens with zero attached hydrogens (tertiary/aromatic N) is 1. The van der Waals surface area contributed by atoms with Crippen molar-refractivity contribution in [2.75, 3.05) is 32.9 Å². The van der Waals surface area contributed by atoms with Gasteiger partial charge in [-0.1, -0.05) is 13.3 Å². The average molecular weight is 223 g/mol. The molecular weight excluding hydrogens is 205 g/mol. The van der Waals surface area contributed by atoms with Crippen LogP contribution in [0.5, 0.6) is 0 Å². The molecule has 0 aromatic carbocycles. The van der Waals surface area contributed by atoms with Crippen molar-refractivity contribution in [1.29, 1.82) is 0 Å². The van der Waals surface area contributed by atoms with Crippen LogP contribution in [0.25, 0.3) is 0 Å². The van der Waals surface area contributed by atoms with Gasteiger partial charge in [0, 0.05) is 13.1 Å². The van der Waals surface area contributed by atoms with Crippen LogP contribution in [0.3, 0.4) is 0 Å². The quantitative estimate of drug-likeness (QED) is 0.561. The van der Waals surface area contributed by atoms with Crippen LogP contribution in [0.1, 0.15) is 19.8 Å². The van der Waals surface area contributed by atoms with Crippen LogP contribution < -0.4 is 0 Å². The zero-order valence-electron chi connectivity index (χ0n) is 8.52. The first kappa shape index (κ1) is 12.1. The fourth-order valence-electron chi connectivity index (χ4n) is 1.22. The van der Waals surface area contributed by atoms with Gasteiger partial charge in [0.25, 0.3) is 0 Å². The molecule has 0 amide bonds. The van der Waals surface area contributed by atoms with Crippen LogP contribution in [-0.4, -0.2) is 42.5 Å². The maximum Gasteiger partial charge on any atom is 0.405 e. The Labute approximate surface area is 84.6 Å². The van der Waals surface area contributed by atoms with E-state index < -0.39 is 7.75 Å². The molecule has 1 atom stereocenters. The largest absolute Gasteiger partial charge is 0.405 e. The van der Waals surface area contributed by atoms with Crippen molar-refractivity contribution >= 4 is 7.75 Å². The first-order valence-corrected chi connectivity index (χ1v) is 6.50. The molecule has 5 nitrogen and oxygen atoms in total. The Morgan fingerprint density at radius 3 is 2.71 bits per heavy atom. The second-order valence-corrected chi connectivity index (χ2v) is 5.05. The fraction of sp³-hybridized carbons (Fsp3) is 1.00. The molecule has 0 radical (unpaired) electrons. The Bertz CT molecular complexity index is 206. The van der Waals surface area contributed by atoms with Gasteiger partial charge in [0.05, 0.1) is 19.8 Å². The Morgan fingerprint density at radius 2 is 2.14 bits per heavy atom. The highest BCUT2D eigenvalue weighted by Crippen LogP contribution is 2.46. The van der Waals surface area contributed by atoms with E-state index in [0.717, 1.165) is 12.8 Å². The van der Waals surface area contributed by atoms with E-state index in [-0.39, 0.29) is 0 Å². The molecule has 0 spiro atoms. The molecule has 0 saturated carbocycles. The van der Waals surface area contributed by atoms with Gasteiger partial charge in [-0.05, 0) is 6.42 Å². The predicted molar refractivity (Wildman–Crippen MR) is 53.1 cm³/mol. The van der Waals surface area contributed by atoms with E-state index in [0.29, 0.717) is 32.9 Å². The van der Waals surface area contributed by atoms with Gasteiger partial charge < -0.3 is 9.63 Å². The van der Waals surface area contributed by atoms with Gasteiger partial charge in [-0.2, -0.15) is 0 Å². The third-order valence-corrected chi connectivity index (χ3v) is 3.74. The molecule has 0 aromatic rings. The molecule has 1 aliphatic rings. The third kappa shape index (κ3) is 3.67. The zero-order chi connectivity index (χ0) is 10.4. The van der Waals surface area contributed by atoms with Crippen LogP contribution in [0.4, 0.5) is 0 Å². The first-order valence-electron chi connectivity index (χ1n) is 4.97. The molecule has 1 N–H and O–H groups in total. The summed E-state index contributed by atoms with van der Waals surface area (Å²) in [5.74, 6) is 0. The van der Waals surface area contributed by atoms with E-state index in [4.69, 9.17) is 9.26 Å². The Hall–Kier alpha value is 0.0700. The van der Waals surface area contributed by atoms with E-state index in [1.54, 1.807) is 0 Å². The van der Waals surface area contributed by atoms with Crippen molar-refractivity contribution < 1.29 is 18.7 Å². The Kier molecular flexibility index (Phi) is 5.06. The molecule has 6 heteroatoms. The Balaban J connectivity index is 2.34. The van der Waals surface area contributed by atoms with Gasteiger partial charge in [-0.25, -0.2) is 9.24 Å². The summed E-state index contributed by atoms with van der Waals surface area (Å²) in [4.78, 5) is 9.57. The first-order chi connectivity index (χ1) is 6.67. The minimum absolute atomic E-state index is 0.349. The lowest BCUT2D eigenvalue weighted by molar-refractivity contribution is 0.0558. The second-order valence-electron chi connectivity index (χ2n) is 3.24. The monoisotopic (exact) mass is 223 g/mol. The maximum absolute atomic E-state index is 11.6. The van der Waals surface area contributed by atoms with Crippen molar-refractivity contribution in [3.05, 3.63) is 0 Å². The highest BCUT2D eigenvalue weighted by atomic mass is 31.2. The minimum atomic E-state index is -3.54. The normalized spacial score (nSPS) is 23.3. The zero-order valence-corrected chi connectivity index (χ0v) is 9.41. The van der Waals surface area contributed by atoms with Gasteiger partial charge in [0.1, 0.15) is 0 Å². The molecule has 1 fully saturated rings. The van der Waals surface area contributed by atoms with E-state index in [2.05, 4.69) is 0 Å². The highest BCUT2D eigenvalue weighted by Gasteiger charge is 2.30. The van der Waals surface area contributed by atoms with Crippen LogP contribution in [0, 0.1) is 0 Å². The lowest BCUT2D eigenvalue weighted by Gasteiger charge is -2.29. The lowest BCUT2D eigenvalue weighted by Crippen LogP contribution is -2.34. The standard InChI is InChI=1S/C8H18NO4P/c1-2-3-6-13-14(10,11)9-4-7-12-8-5-9/h2-8H2,1H3,(H,10,11). The summed E-state index contributed by atoms with van der Waals surface area (Å²) in [6.45, 7) is 4.31. The molecule has 14 heavy (non-hydrogen) atoms. The molecule has 1 rings (SSSR count). The number of morpholine rings is 1. The van der Waals surface area contributed by atoms with Crippen molar-refractivity contribution in [2.24, 2.45) is 0 Å². The fourth-order valence-corrected chi connectivity index (χ4v) is 2.41. The Morgan fingerprint density at radius 1 is 1.50 bits per heavy atom. The number of hydrogen-bond acceptors (Lipinski definition) is 3. The molecule has 0 aromatic heterocycles. The van der Waals surface area contributed by atoms with E-state index in [1.165, 1.54) is 4.67 Å². The summed E-state index contributed by atoms with van der Waals surface area (Å²) in [5.41, 5.74) is 0. The van der Waals surface area contributed by atoms with Crippen LogP contribution in [-0.2, 0) is 13.8 Å². The van der Waals surface area contributed by atoms with Crippen LogP contribution in [0.15, 0.2) is 0 Å². The average Bonchev–Trinajstić information content (AvgIpc) is 2.19.